The lowest BCUT2D eigenvalue weighted by atomic mass is 10.1. The van der Waals surface area contributed by atoms with Crippen LogP contribution >= 0.6 is 0 Å². The first kappa shape index (κ1) is 16.4. The lowest BCUT2D eigenvalue weighted by molar-refractivity contribution is 0.133. The summed E-state index contributed by atoms with van der Waals surface area (Å²) in [5.41, 5.74) is 0.975. The Morgan fingerprint density at radius 1 is 1.42 bits per heavy atom. The van der Waals surface area contributed by atoms with Crippen LogP contribution < -0.4 is 9.50 Å². The Morgan fingerprint density at radius 2 is 2.12 bits per heavy atom. The molecule has 0 atom stereocenters. The molecular formula is C14H17N3O6S. The van der Waals surface area contributed by atoms with Gasteiger partial charge in [-0.15, -0.1) is 0 Å². The minimum Gasteiger partial charge on any atom is -0.465 e. The summed E-state index contributed by atoms with van der Waals surface area (Å²) in [7, 11) is -3.60. The van der Waals surface area contributed by atoms with Gasteiger partial charge in [0.25, 0.3) is 6.01 Å². The number of likely N-dealkylation sites (tertiary alicyclic amines) is 1. The molecule has 1 amide bonds. The smallest absolute Gasteiger partial charge is 0.407 e. The number of carboxylic acid groups (broad SMARTS) is 1. The minimum absolute atomic E-state index is 0.0698. The van der Waals surface area contributed by atoms with Crippen molar-refractivity contribution in [1.82, 2.24) is 9.88 Å². The Kier molecular flexibility index (Phi) is 4.22. The number of hydrogen-bond donors (Lipinski definition) is 2. The zero-order valence-corrected chi connectivity index (χ0v) is 13.7. The van der Waals surface area contributed by atoms with Gasteiger partial charge in [-0.25, -0.2) is 4.79 Å². The first-order valence-corrected chi connectivity index (χ1v) is 9.16. The molecule has 130 valence electrons. The van der Waals surface area contributed by atoms with E-state index < -0.39 is 16.2 Å². The van der Waals surface area contributed by atoms with Gasteiger partial charge in [-0.3, -0.25) is 0 Å². The minimum atomic E-state index is -3.60. The summed E-state index contributed by atoms with van der Waals surface area (Å²) in [4.78, 5) is 16.5. The fourth-order valence-corrected chi connectivity index (χ4v) is 3.04. The third-order valence-electron chi connectivity index (χ3n) is 3.70. The molecule has 2 N–H and O–H groups in total. The molecule has 9 nitrogen and oxygen atoms in total. The summed E-state index contributed by atoms with van der Waals surface area (Å²) in [5, 5.41) is 12.1. The zero-order valence-electron chi connectivity index (χ0n) is 12.9. The number of aromatic nitrogens is 1. The highest BCUT2D eigenvalue weighted by Crippen LogP contribution is 2.25. The van der Waals surface area contributed by atoms with Gasteiger partial charge < -0.3 is 23.9 Å². The molecule has 0 bridgehead atoms. The molecule has 1 fully saturated rings. The summed E-state index contributed by atoms with van der Waals surface area (Å²) in [5.74, 6) is 0.166. The van der Waals surface area contributed by atoms with E-state index in [1.807, 2.05) is 0 Å². The van der Waals surface area contributed by atoms with Crippen molar-refractivity contribution in [3.05, 3.63) is 18.2 Å². The van der Waals surface area contributed by atoms with Crippen molar-refractivity contribution in [2.45, 2.75) is 18.9 Å². The summed E-state index contributed by atoms with van der Waals surface area (Å²) in [6, 6.07) is 4.94. The highest BCUT2D eigenvalue weighted by Gasteiger charge is 2.23. The number of nitrogens with zero attached hydrogens (tertiary/aromatic N) is 2. The Hall–Kier alpha value is -2.49. The van der Waals surface area contributed by atoms with Crippen molar-refractivity contribution in [2.24, 2.45) is 0 Å². The highest BCUT2D eigenvalue weighted by molar-refractivity contribution is 7.86. The number of nitrogens with one attached hydrogen (secondary N) is 1. The van der Waals surface area contributed by atoms with Gasteiger partial charge in [0.15, 0.2) is 5.58 Å². The molecule has 24 heavy (non-hydrogen) atoms. The van der Waals surface area contributed by atoms with Gasteiger partial charge in [0.05, 0.1) is 6.26 Å². The van der Waals surface area contributed by atoms with Gasteiger partial charge >= 0.3 is 16.2 Å². The molecule has 2 aromatic rings. The SMILES string of the molecule is CS(=O)(=O)Oc1ccc2oc(NC3CCN(C(=O)O)CC3)nc2c1. The van der Waals surface area contributed by atoms with E-state index in [1.54, 1.807) is 6.07 Å². The van der Waals surface area contributed by atoms with E-state index in [-0.39, 0.29) is 11.8 Å². The summed E-state index contributed by atoms with van der Waals surface area (Å²) >= 11 is 0. The van der Waals surface area contributed by atoms with Crippen LogP contribution in [0.25, 0.3) is 11.1 Å². The first-order valence-electron chi connectivity index (χ1n) is 7.34. The number of rotatable bonds is 4. The second-order valence-electron chi connectivity index (χ2n) is 5.62. The molecule has 0 aliphatic carbocycles. The van der Waals surface area contributed by atoms with Crippen LogP contribution in [-0.4, -0.2) is 54.9 Å². The maximum absolute atomic E-state index is 11.2. The monoisotopic (exact) mass is 355 g/mol. The maximum Gasteiger partial charge on any atom is 0.407 e. The second kappa shape index (κ2) is 6.19. The van der Waals surface area contributed by atoms with Crippen LogP contribution in [-0.2, 0) is 10.1 Å². The molecule has 0 saturated carbocycles. The summed E-state index contributed by atoms with van der Waals surface area (Å²) in [6.45, 7) is 0.916. The van der Waals surface area contributed by atoms with E-state index in [0.29, 0.717) is 43.0 Å². The number of oxazole rings is 1. The number of piperidine rings is 1. The molecule has 0 spiro atoms. The predicted octanol–water partition coefficient (Wildman–Crippen LogP) is 1.72. The van der Waals surface area contributed by atoms with Crippen LogP contribution in [0.15, 0.2) is 22.6 Å². The van der Waals surface area contributed by atoms with Crippen molar-refractivity contribution >= 4 is 33.3 Å². The average Bonchev–Trinajstić information content (AvgIpc) is 2.87. The Bertz CT molecular complexity index is 855. The lowest BCUT2D eigenvalue weighted by Crippen LogP contribution is -2.41. The topological polar surface area (TPSA) is 122 Å². The van der Waals surface area contributed by atoms with E-state index >= 15 is 0 Å². The number of fused-ring (bicyclic) bond motifs is 1. The van der Waals surface area contributed by atoms with Gasteiger partial charge in [-0.1, -0.05) is 0 Å². The standard InChI is InChI=1S/C14H17N3O6S/c1-24(20,21)23-10-2-3-12-11(8-10)16-13(22-12)15-9-4-6-17(7-5-9)14(18)19/h2-3,8-9H,4-7H2,1H3,(H,15,16)(H,18,19). The number of carbonyl (C=O) groups is 1. The van der Waals surface area contributed by atoms with Gasteiger partial charge in [-0.05, 0) is 25.0 Å². The van der Waals surface area contributed by atoms with Gasteiger partial charge in [0, 0.05) is 25.2 Å². The highest BCUT2D eigenvalue weighted by atomic mass is 32.2. The molecule has 0 radical (unpaired) electrons. The molecule has 1 aromatic heterocycles. The van der Waals surface area contributed by atoms with Gasteiger partial charge in [0.2, 0.25) is 0 Å². The molecule has 10 heteroatoms. The molecule has 1 saturated heterocycles. The molecule has 1 aliphatic heterocycles. The van der Waals surface area contributed by atoms with Crippen LogP contribution in [0.5, 0.6) is 5.75 Å². The first-order chi connectivity index (χ1) is 11.3. The Balaban J connectivity index is 1.69. The largest absolute Gasteiger partial charge is 0.465 e. The van der Waals surface area contributed by atoms with E-state index in [9.17, 15) is 13.2 Å². The normalized spacial score (nSPS) is 16.3. The molecule has 1 aliphatic rings. The Morgan fingerprint density at radius 3 is 2.75 bits per heavy atom. The van der Waals surface area contributed by atoms with E-state index in [4.69, 9.17) is 13.7 Å². The van der Waals surface area contributed by atoms with E-state index in [0.717, 1.165) is 6.26 Å². The number of anilines is 1. The quantitative estimate of drug-likeness (QED) is 0.795. The predicted molar refractivity (Wildman–Crippen MR) is 85.7 cm³/mol. The van der Waals surface area contributed by atoms with Crippen LogP contribution in [0.2, 0.25) is 0 Å². The van der Waals surface area contributed by atoms with Crippen molar-refractivity contribution in [2.75, 3.05) is 24.7 Å². The fourth-order valence-electron chi connectivity index (χ4n) is 2.59. The molecule has 3 rings (SSSR count). The molecule has 1 aromatic carbocycles. The summed E-state index contributed by atoms with van der Waals surface area (Å²) < 4.78 is 32.7. The maximum atomic E-state index is 11.2. The van der Waals surface area contributed by atoms with Gasteiger partial charge in [0.1, 0.15) is 11.3 Å². The second-order valence-corrected chi connectivity index (χ2v) is 7.20. The van der Waals surface area contributed by atoms with Crippen molar-refractivity contribution in [1.29, 1.82) is 0 Å². The summed E-state index contributed by atoms with van der Waals surface area (Å²) in [6.07, 6.45) is 1.38. The zero-order chi connectivity index (χ0) is 17.3. The lowest BCUT2D eigenvalue weighted by Gasteiger charge is -2.29. The van der Waals surface area contributed by atoms with Crippen molar-refractivity contribution in [3.8, 4) is 5.75 Å². The van der Waals surface area contributed by atoms with Crippen molar-refractivity contribution < 1.29 is 26.9 Å². The van der Waals surface area contributed by atoms with E-state index in [2.05, 4.69) is 10.3 Å². The molecular weight excluding hydrogens is 338 g/mol. The van der Waals surface area contributed by atoms with Crippen LogP contribution in [0.1, 0.15) is 12.8 Å². The number of hydrogen-bond acceptors (Lipinski definition) is 7. The molecule has 2 heterocycles. The third-order valence-corrected chi connectivity index (χ3v) is 4.19. The van der Waals surface area contributed by atoms with Crippen LogP contribution in [0, 0.1) is 0 Å². The third kappa shape index (κ3) is 3.88. The van der Waals surface area contributed by atoms with Crippen LogP contribution in [0.4, 0.5) is 10.8 Å². The van der Waals surface area contributed by atoms with Crippen molar-refractivity contribution in [3.63, 3.8) is 0 Å². The fraction of sp³-hybridized carbons (Fsp3) is 0.429. The van der Waals surface area contributed by atoms with E-state index in [1.165, 1.54) is 17.0 Å². The van der Waals surface area contributed by atoms with Gasteiger partial charge in [-0.2, -0.15) is 13.4 Å². The van der Waals surface area contributed by atoms with Crippen LogP contribution in [0.3, 0.4) is 0 Å². The molecule has 0 unspecified atom stereocenters. The number of amides is 1. The Labute approximate surface area is 138 Å². The number of benzene rings is 1. The average molecular weight is 355 g/mol.